The second kappa shape index (κ2) is 7.26. The summed E-state index contributed by atoms with van der Waals surface area (Å²) in [6, 6.07) is 0.764. The Balaban J connectivity index is 1.98. The van der Waals surface area contributed by atoms with Crippen molar-refractivity contribution in [3.05, 3.63) is 0 Å². The maximum atomic E-state index is 3.94. The smallest absolute Gasteiger partial charge is 0.0309 e. The fourth-order valence-corrected chi connectivity index (χ4v) is 4.40. The van der Waals surface area contributed by atoms with Crippen LogP contribution in [0, 0.1) is 11.8 Å². The van der Waals surface area contributed by atoms with E-state index in [0.29, 0.717) is 5.54 Å². The maximum Gasteiger partial charge on any atom is 0.0309 e. The van der Waals surface area contributed by atoms with Crippen LogP contribution in [0.25, 0.3) is 0 Å². The summed E-state index contributed by atoms with van der Waals surface area (Å²) in [6.07, 6.45) is 9.72. The minimum absolute atomic E-state index is 0.472. The number of hydrogen-bond acceptors (Lipinski definition) is 2. The molecule has 1 aliphatic heterocycles. The Morgan fingerprint density at radius 2 is 1.90 bits per heavy atom. The van der Waals surface area contributed by atoms with E-state index in [9.17, 15) is 0 Å². The molecule has 0 aromatic carbocycles. The van der Waals surface area contributed by atoms with Crippen LogP contribution in [0.5, 0.6) is 0 Å². The molecular formula is C18H36N2. The summed E-state index contributed by atoms with van der Waals surface area (Å²) in [5.74, 6) is 1.66. The molecular weight excluding hydrogens is 244 g/mol. The lowest BCUT2D eigenvalue weighted by atomic mass is 9.89. The molecule has 118 valence electrons. The molecule has 2 nitrogen and oxygen atoms in total. The van der Waals surface area contributed by atoms with Crippen molar-refractivity contribution in [3.8, 4) is 0 Å². The van der Waals surface area contributed by atoms with Gasteiger partial charge in [0, 0.05) is 31.2 Å². The fraction of sp³-hybridized carbons (Fsp3) is 1.00. The number of rotatable bonds is 6. The molecule has 1 heterocycles. The lowest BCUT2D eigenvalue weighted by molar-refractivity contribution is 0.0568. The Morgan fingerprint density at radius 1 is 1.20 bits per heavy atom. The van der Waals surface area contributed by atoms with Crippen molar-refractivity contribution in [2.24, 2.45) is 11.8 Å². The molecule has 0 radical (unpaired) electrons. The van der Waals surface area contributed by atoms with Gasteiger partial charge in [-0.25, -0.2) is 0 Å². The number of nitrogens with one attached hydrogen (secondary N) is 1. The van der Waals surface area contributed by atoms with Crippen LogP contribution in [0.15, 0.2) is 0 Å². The van der Waals surface area contributed by atoms with Crippen LogP contribution in [0.4, 0.5) is 0 Å². The van der Waals surface area contributed by atoms with E-state index < -0.39 is 0 Å². The Hall–Kier alpha value is -0.0800. The van der Waals surface area contributed by atoms with Crippen LogP contribution >= 0.6 is 0 Å². The Bertz CT molecular complexity index is 281. The summed E-state index contributed by atoms with van der Waals surface area (Å²) in [5, 5.41) is 3.94. The summed E-state index contributed by atoms with van der Waals surface area (Å²) in [5.41, 5.74) is 0.472. The van der Waals surface area contributed by atoms with Crippen LogP contribution in [-0.2, 0) is 0 Å². The summed E-state index contributed by atoms with van der Waals surface area (Å²) >= 11 is 0. The van der Waals surface area contributed by atoms with E-state index in [-0.39, 0.29) is 0 Å². The molecule has 2 aliphatic rings. The first-order valence-corrected chi connectivity index (χ1v) is 9.04. The second-order valence-electron chi connectivity index (χ2n) is 7.98. The lowest BCUT2D eigenvalue weighted by Gasteiger charge is -2.48. The maximum absolute atomic E-state index is 3.94. The van der Waals surface area contributed by atoms with Gasteiger partial charge >= 0.3 is 0 Å². The molecule has 1 saturated carbocycles. The molecule has 1 spiro atoms. The average molecular weight is 280 g/mol. The van der Waals surface area contributed by atoms with Gasteiger partial charge in [-0.2, -0.15) is 0 Å². The first-order chi connectivity index (χ1) is 9.54. The van der Waals surface area contributed by atoms with Crippen LogP contribution in [0.3, 0.4) is 0 Å². The Morgan fingerprint density at radius 3 is 2.50 bits per heavy atom. The van der Waals surface area contributed by atoms with E-state index in [0.717, 1.165) is 17.9 Å². The first kappa shape index (κ1) is 16.3. The third-order valence-electron chi connectivity index (χ3n) is 5.37. The van der Waals surface area contributed by atoms with E-state index in [2.05, 4.69) is 37.9 Å². The normalized spacial score (nSPS) is 28.4. The molecule has 1 aliphatic carbocycles. The molecule has 0 aromatic rings. The van der Waals surface area contributed by atoms with Crippen LogP contribution in [-0.4, -0.2) is 36.1 Å². The highest BCUT2D eigenvalue weighted by molar-refractivity contribution is 5.01. The van der Waals surface area contributed by atoms with Gasteiger partial charge in [-0.1, -0.05) is 47.0 Å². The zero-order chi connectivity index (χ0) is 14.6. The van der Waals surface area contributed by atoms with Gasteiger partial charge in [-0.15, -0.1) is 0 Å². The van der Waals surface area contributed by atoms with E-state index in [1.165, 1.54) is 64.6 Å². The number of hydrogen-bond donors (Lipinski definition) is 1. The number of nitrogens with zero attached hydrogens (tertiary/aromatic N) is 1. The molecule has 2 atom stereocenters. The molecule has 0 aromatic heterocycles. The van der Waals surface area contributed by atoms with E-state index in [1.54, 1.807) is 0 Å². The van der Waals surface area contributed by atoms with Crippen LogP contribution in [0.2, 0.25) is 0 Å². The SMILES string of the molecule is CCCC(C)CN1CC2(CCCC2)NCC1CC(C)C. The van der Waals surface area contributed by atoms with Crippen molar-refractivity contribution in [1.82, 2.24) is 10.2 Å². The third kappa shape index (κ3) is 4.21. The van der Waals surface area contributed by atoms with Gasteiger partial charge in [-0.05, 0) is 37.5 Å². The van der Waals surface area contributed by atoms with E-state index in [1.807, 2.05) is 0 Å². The van der Waals surface area contributed by atoms with Gasteiger partial charge in [0.05, 0.1) is 0 Å². The highest BCUT2D eigenvalue weighted by Gasteiger charge is 2.41. The minimum atomic E-state index is 0.472. The summed E-state index contributed by atoms with van der Waals surface area (Å²) in [7, 11) is 0. The second-order valence-corrected chi connectivity index (χ2v) is 7.98. The van der Waals surface area contributed by atoms with Crippen molar-refractivity contribution in [1.29, 1.82) is 0 Å². The predicted octanol–water partition coefficient (Wildman–Crippen LogP) is 4.06. The van der Waals surface area contributed by atoms with Gasteiger partial charge in [0.25, 0.3) is 0 Å². The molecule has 0 bridgehead atoms. The molecule has 1 saturated heterocycles. The van der Waals surface area contributed by atoms with Crippen molar-refractivity contribution < 1.29 is 0 Å². The van der Waals surface area contributed by atoms with Crippen molar-refractivity contribution in [3.63, 3.8) is 0 Å². The predicted molar refractivity (Wildman–Crippen MR) is 88.1 cm³/mol. The van der Waals surface area contributed by atoms with Crippen molar-refractivity contribution >= 4 is 0 Å². The monoisotopic (exact) mass is 280 g/mol. The molecule has 2 heteroatoms. The van der Waals surface area contributed by atoms with Gasteiger partial charge in [0.1, 0.15) is 0 Å². The van der Waals surface area contributed by atoms with Gasteiger partial charge in [0.15, 0.2) is 0 Å². The van der Waals surface area contributed by atoms with Gasteiger partial charge in [-0.3, -0.25) is 4.90 Å². The first-order valence-electron chi connectivity index (χ1n) is 9.04. The zero-order valence-electron chi connectivity index (χ0n) is 14.3. The number of piperazine rings is 1. The quantitative estimate of drug-likeness (QED) is 0.789. The third-order valence-corrected chi connectivity index (χ3v) is 5.37. The molecule has 0 amide bonds. The Kier molecular flexibility index (Phi) is 5.92. The fourth-order valence-electron chi connectivity index (χ4n) is 4.40. The van der Waals surface area contributed by atoms with Crippen LogP contribution in [0.1, 0.15) is 72.6 Å². The summed E-state index contributed by atoms with van der Waals surface area (Å²) in [6.45, 7) is 13.3. The average Bonchev–Trinajstić information content (AvgIpc) is 2.81. The van der Waals surface area contributed by atoms with Gasteiger partial charge in [0.2, 0.25) is 0 Å². The van der Waals surface area contributed by atoms with E-state index in [4.69, 9.17) is 0 Å². The zero-order valence-corrected chi connectivity index (χ0v) is 14.3. The summed E-state index contributed by atoms with van der Waals surface area (Å²) < 4.78 is 0. The van der Waals surface area contributed by atoms with Crippen molar-refractivity contribution in [2.45, 2.75) is 84.2 Å². The highest BCUT2D eigenvalue weighted by Crippen LogP contribution is 2.34. The standard InChI is InChI=1S/C18H36N2/c1-5-8-16(4)13-20-14-18(9-6-7-10-18)19-12-17(20)11-15(2)3/h15-17,19H,5-14H2,1-4H3. The molecule has 2 fully saturated rings. The molecule has 2 unspecified atom stereocenters. The largest absolute Gasteiger partial charge is 0.308 e. The topological polar surface area (TPSA) is 15.3 Å². The lowest BCUT2D eigenvalue weighted by Crippen LogP contribution is -2.63. The minimum Gasteiger partial charge on any atom is -0.308 e. The molecule has 2 rings (SSSR count). The van der Waals surface area contributed by atoms with Crippen LogP contribution < -0.4 is 5.32 Å². The highest BCUT2D eigenvalue weighted by atomic mass is 15.3. The molecule has 1 N–H and O–H groups in total. The Labute approximate surface area is 126 Å². The van der Waals surface area contributed by atoms with E-state index >= 15 is 0 Å². The molecule has 20 heavy (non-hydrogen) atoms. The summed E-state index contributed by atoms with van der Waals surface area (Å²) in [4.78, 5) is 2.85. The van der Waals surface area contributed by atoms with Crippen molar-refractivity contribution in [2.75, 3.05) is 19.6 Å². The van der Waals surface area contributed by atoms with Gasteiger partial charge < -0.3 is 5.32 Å².